The Labute approximate surface area is 207 Å². The fourth-order valence-electron chi connectivity index (χ4n) is 5.01. The largest absolute Gasteiger partial charge is 0.496 e. The minimum absolute atomic E-state index is 0.0210. The molecule has 0 spiro atoms. The van der Waals surface area contributed by atoms with Crippen LogP contribution in [0.15, 0.2) is 88.6 Å². The van der Waals surface area contributed by atoms with Crippen molar-refractivity contribution in [2.75, 3.05) is 12.4 Å². The quantitative estimate of drug-likeness (QED) is 0.470. The second-order valence-electron chi connectivity index (χ2n) is 8.74. The number of ketones is 1. The molecule has 5 nitrogen and oxygen atoms in total. The van der Waals surface area contributed by atoms with Crippen molar-refractivity contribution >= 4 is 28.7 Å². The summed E-state index contributed by atoms with van der Waals surface area (Å²) >= 11 is 1.66. The number of nitrogens with one attached hydrogen (secondary N) is 2. The monoisotopic (exact) mass is 488 g/mol. The first-order valence-electron chi connectivity index (χ1n) is 11.4. The first kappa shape index (κ1) is 23.1. The Bertz CT molecular complexity index is 1340. The highest BCUT2D eigenvalue weighted by atomic mass is 32.1. The van der Waals surface area contributed by atoms with Crippen molar-refractivity contribution in [1.82, 2.24) is 5.32 Å². The number of halogens is 1. The summed E-state index contributed by atoms with van der Waals surface area (Å²) in [7, 11) is 1.58. The Kier molecular flexibility index (Phi) is 6.26. The van der Waals surface area contributed by atoms with Gasteiger partial charge in [0, 0.05) is 51.0 Å². The summed E-state index contributed by atoms with van der Waals surface area (Å²) < 4.78 is 19.0. The van der Waals surface area contributed by atoms with E-state index in [0.29, 0.717) is 41.1 Å². The van der Waals surface area contributed by atoms with Gasteiger partial charge >= 0.3 is 0 Å². The van der Waals surface area contributed by atoms with Gasteiger partial charge in [-0.2, -0.15) is 0 Å². The summed E-state index contributed by atoms with van der Waals surface area (Å²) in [6, 6.07) is 17.2. The SMILES string of the molecule is COc1ccccc1[C@H]1C(C(=O)Nc2ccc(F)cc2)=C(C)NC2=C1C(=O)C[C@H](c1cccs1)C2. The minimum atomic E-state index is -0.584. The zero-order valence-corrected chi connectivity index (χ0v) is 20.2. The van der Waals surface area contributed by atoms with Crippen LogP contribution >= 0.6 is 11.3 Å². The summed E-state index contributed by atoms with van der Waals surface area (Å²) in [5.41, 5.74) is 3.82. The van der Waals surface area contributed by atoms with Crippen molar-refractivity contribution in [3.8, 4) is 5.75 Å². The number of allylic oxidation sites excluding steroid dienone is 3. The number of ether oxygens (including phenoxy) is 1. The molecule has 1 aliphatic carbocycles. The predicted molar refractivity (Wildman–Crippen MR) is 135 cm³/mol. The second kappa shape index (κ2) is 9.50. The van der Waals surface area contributed by atoms with E-state index in [9.17, 15) is 14.0 Å². The number of hydrogen-bond acceptors (Lipinski definition) is 5. The van der Waals surface area contributed by atoms with E-state index in [2.05, 4.69) is 16.7 Å². The highest BCUT2D eigenvalue weighted by molar-refractivity contribution is 7.10. The molecule has 0 radical (unpaired) electrons. The molecule has 178 valence electrons. The normalized spacial score (nSPS) is 19.8. The van der Waals surface area contributed by atoms with Crippen molar-refractivity contribution in [3.05, 3.63) is 105 Å². The van der Waals surface area contributed by atoms with Crippen molar-refractivity contribution in [3.63, 3.8) is 0 Å². The topological polar surface area (TPSA) is 67.4 Å². The van der Waals surface area contributed by atoms with Crippen molar-refractivity contribution in [1.29, 1.82) is 0 Å². The Morgan fingerprint density at radius 2 is 1.86 bits per heavy atom. The fourth-order valence-corrected chi connectivity index (χ4v) is 5.84. The third kappa shape index (κ3) is 4.39. The molecule has 3 aromatic rings. The molecule has 35 heavy (non-hydrogen) atoms. The molecule has 1 amide bonds. The van der Waals surface area contributed by atoms with Gasteiger partial charge in [-0.3, -0.25) is 9.59 Å². The lowest BCUT2D eigenvalue weighted by Crippen LogP contribution is -2.37. The molecule has 1 aromatic heterocycles. The Morgan fingerprint density at radius 1 is 1.09 bits per heavy atom. The molecule has 2 atom stereocenters. The number of carbonyl (C=O) groups excluding carboxylic acids is 2. The predicted octanol–water partition coefficient (Wildman–Crippen LogP) is 5.90. The molecular formula is C28H25FN2O3S. The molecular weight excluding hydrogens is 463 g/mol. The van der Waals surface area contributed by atoms with Crippen LogP contribution in [0.1, 0.15) is 42.0 Å². The van der Waals surface area contributed by atoms with Crippen LogP contribution < -0.4 is 15.4 Å². The molecule has 0 bridgehead atoms. The molecule has 0 saturated carbocycles. The molecule has 0 fully saturated rings. The van der Waals surface area contributed by atoms with E-state index in [-0.39, 0.29) is 23.4 Å². The zero-order valence-electron chi connectivity index (χ0n) is 19.4. The van der Waals surface area contributed by atoms with Gasteiger partial charge in [0.2, 0.25) is 0 Å². The number of rotatable bonds is 5. The molecule has 7 heteroatoms. The van der Waals surface area contributed by atoms with Gasteiger partial charge in [0.25, 0.3) is 5.91 Å². The average Bonchev–Trinajstić information content (AvgIpc) is 3.39. The first-order chi connectivity index (χ1) is 17.0. The fraction of sp³-hybridized carbons (Fsp3) is 0.214. The number of amides is 1. The van der Waals surface area contributed by atoms with E-state index in [1.807, 2.05) is 42.6 Å². The first-order valence-corrected chi connectivity index (χ1v) is 12.3. The maximum absolute atomic E-state index is 13.7. The third-order valence-corrected chi connectivity index (χ3v) is 7.60. The highest BCUT2D eigenvalue weighted by Gasteiger charge is 2.42. The van der Waals surface area contributed by atoms with Gasteiger partial charge in [-0.05, 0) is 55.1 Å². The maximum atomic E-state index is 13.7. The highest BCUT2D eigenvalue weighted by Crippen LogP contribution is 2.48. The molecule has 0 saturated heterocycles. The lowest BCUT2D eigenvalue weighted by molar-refractivity contribution is -0.116. The smallest absolute Gasteiger partial charge is 0.254 e. The standard InChI is InChI=1S/C28H25FN2O3S/c1-16-25(28(33)31-19-11-9-18(29)10-12-19)26(20-6-3-4-7-23(20)34-2)27-21(30-16)14-17(15-22(27)32)24-8-5-13-35-24/h3-13,17,26,30H,14-15H2,1-2H3,(H,31,33)/t17-,26+/m1/s1. The summed E-state index contributed by atoms with van der Waals surface area (Å²) in [6.07, 6.45) is 1.08. The van der Waals surface area contributed by atoms with Crippen LogP contribution in [0.5, 0.6) is 5.75 Å². The summed E-state index contributed by atoms with van der Waals surface area (Å²) in [6.45, 7) is 1.85. The Morgan fingerprint density at radius 3 is 2.57 bits per heavy atom. The molecule has 1 aliphatic heterocycles. The van der Waals surface area contributed by atoms with Crippen LogP contribution in [-0.2, 0) is 9.59 Å². The van der Waals surface area contributed by atoms with Crippen molar-refractivity contribution in [2.45, 2.75) is 31.6 Å². The van der Waals surface area contributed by atoms with Crippen molar-refractivity contribution < 1.29 is 18.7 Å². The number of benzene rings is 2. The van der Waals surface area contributed by atoms with E-state index >= 15 is 0 Å². The summed E-state index contributed by atoms with van der Waals surface area (Å²) in [5, 5.41) is 8.28. The number of para-hydroxylation sites is 1. The van der Waals surface area contributed by atoms with E-state index in [1.54, 1.807) is 18.4 Å². The van der Waals surface area contributed by atoms with E-state index in [0.717, 1.165) is 11.3 Å². The second-order valence-corrected chi connectivity index (χ2v) is 9.71. The number of hydrogen-bond donors (Lipinski definition) is 2. The van der Waals surface area contributed by atoms with E-state index in [4.69, 9.17) is 4.74 Å². The molecule has 5 rings (SSSR count). The van der Waals surface area contributed by atoms with Gasteiger partial charge in [0.1, 0.15) is 11.6 Å². The van der Waals surface area contributed by atoms with Gasteiger partial charge in [0.05, 0.1) is 13.0 Å². The van der Waals surface area contributed by atoms with Gasteiger partial charge < -0.3 is 15.4 Å². The lowest BCUT2D eigenvalue weighted by atomic mass is 9.72. The molecule has 2 aromatic carbocycles. The van der Waals surface area contributed by atoms with E-state index in [1.165, 1.54) is 29.1 Å². The van der Waals surface area contributed by atoms with Crippen LogP contribution in [0, 0.1) is 5.82 Å². The van der Waals surface area contributed by atoms with Crippen LogP contribution in [0.3, 0.4) is 0 Å². The number of carbonyl (C=O) groups is 2. The Balaban J connectivity index is 1.59. The minimum Gasteiger partial charge on any atom is -0.496 e. The van der Waals surface area contributed by atoms with Crippen LogP contribution in [0.25, 0.3) is 0 Å². The Hall–Kier alpha value is -3.71. The molecule has 2 N–H and O–H groups in total. The van der Waals surface area contributed by atoms with Crippen LogP contribution in [0.2, 0.25) is 0 Å². The maximum Gasteiger partial charge on any atom is 0.254 e. The number of methoxy groups -OCH3 is 1. The van der Waals surface area contributed by atoms with Gasteiger partial charge in [-0.1, -0.05) is 24.3 Å². The average molecular weight is 489 g/mol. The summed E-state index contributed by atoms with van der Waals surface area (Å²) in [5.74, 6) is -0.578. The van der Waals surface area contributed by atoms with Crippen LogP contribution in [0.4, 0.5) is 10.1 Å². The molecule has 2 aliphatic rings. The molecule has 2 heterocycles. The van der Waals surface area contributed by atoms with E-state index < -0.39 is 5.92 Å². The lowest BCUT2D eigenvalue weighted by Gasteiger charge is -2.37. The number of thiophene rings is 1. The van der Waals surface area contributed by atoms with Gasteiger partial charge in [-0.25, -0.2) is 4.39 Å². The zero-order chi connectivity index (χ0) is 24.5. The third-order valence-electron chi connectivity index (χ3n) is 6.57. The summed E-state index contributed by atoms with van der Waals surface area (Å²) in [4.78, 5) is 28.4. The molecule has 0 unspecified atom stereocenters. The van der Waals surface area contributed by atoms with Crippen molar-refractivity contribution in [2.24, 2.45) is 0 Å². The van der Waals surface area contributed by atoms with Gasteiger partial charge in [-0.15, -0.1) is 11.3 Å². The van der Waals surface area contributed by atoms with Crippen LogP contribution in [-0.4, -0.2) is 18.8 Å². The van der Waals surface area contributed by atoms with Gasteiger partial charge in [0.15, 0.2) is 5.78 Å². The number of anilines is 1. The number of dihydropyridines is 1. The number of Topliss-reactive ketones (excluding diaryl/α,β-unsaturated/α-hetero) is 1.